The van der Waals surface area contributed by atoms with Crippen molar-refractivity contribution in [2.45, 2.75) is 19.8 Å². The van der Waals surface area contributed by atoms with Gasteiger partial charge in [0.25, 0.3) is 11.8 Å². The monoisotopic (exact) mass is 383 g/mol. The Morgan fingerprint density at radius 2 is 1.82 bits per heavy atom. The number of carbonyl (C=O) groups is 3. The van der Waals surface area contributed by atoms with Crippen LogP contribution in [-0.4, -0.2) is 60.2 Å². The van der Waals surface area contributed by atoms with Gasteiger partial charge in [0.05, 0.1) is 6.26 Å². The van der Waals surface area contributed by atoms with Crippen molar-refractivity contribution < 1.29 is 18.8 Å². The van der Waals surface area contributed by atoms with Crippen molar-refractivity contribution in [3.05, 3.63) is 59.5 Å². The zero-order chi connectivity index (χ0) is 19.9. The molecule has 148 valence electrons. The summed E-state index contributed by atoms with van der Waals surface area (Å²) in [6.45, 7) is 4.47. The molecule has 7 heteroatoms. The Labute approximate surface area is 164 Å². The van der Waals surface area contributed by atoms with E-state index in [1.165, 1.54) is 6.26 Å². The minimum absolute atomic E-state index is 0.00344. The summed E-state index contributed by atoms with van der Waals surface area (Å²) in [5, 5.41) is 2.68. The Kier molecular flexibility index (Phi) is 6.47. The van der Waals surface area contributed by atoms with Crippen molar-refractivity contribution in [3.63, 3.8) is 0 Å². The zero-order valence-electron chi connectivity index (χ0n) is 16.0. The molecule has 1 N–H and O–H groups in total. The summed E-state index contributed by atoms with van der Waals surface area (Å²) in [5.74, 6) is -0.121. The molecule has 1 saturated heterocycles. The van der Waals surface area contributed by atoms with Crippen LogP contribution in [-0.2, 0) is 4.79 Å². The van der Waals surface area contributed by atoms with Crippen molar-refractivity contribution >= 4 is 17.7 Å². The van der Waals surface area contributed by atoms with Crippen LogP contribution < -0.4 is 5.32 Å². The number of carbonyl (C=O) groups excluding carboxylic acids is 3. The first-order chi connectivity index (χ1) is 13.5. The van der Waals surface area contributed by atoms with Crippen LogP contribution in [0.25, 0.3) is 0 Å². The molecule has 0 aliphatic carbocycles. The van der Waals surface area contributed by atoms with Crippen molar-refractivity contribution in [2.24, 2.45) is 0 Å². The van der Waals surface area contributed by atoms with E-state index in [0.717, 1.165) is 12.0 Å². The first kappa shape index (κ1) is 19.7. The molecule has 28 heavy (non-hydrogen) atoms. The van der Waals surface area contributed by atoms with E-state index in [-0.39, 0.29) is 36.4 Å². The van der Waals surface area contributed by atoms with Crippen LogP contribution in [0.2, 0.25) is 0 Å². The predicted octanol–water partition coefficient (Wildman–Crippen LogP) is 2.08. The second kappa shape index (κ2) is 9.21. The number of hydrogen-bond donors (Lipinski definition) is 1. The summed E-state index contributed by atoms with van der Waals surface area (Å²) in [6, 6.07) is 10.8. The molecule has 0 spiro atoms. The van der Waals surface area contributed by atoms with E-state index in [1.807, 2.05) is 31.2 Å². The standard InChI is InChI=1S/C21H25N3O4/c1-16-5-2-6-17(15-16)21(27)24-11-4-10-23(12-13-24)19(25)8-9-22-20(26)18-7-3-14-28-18/h2-3,5-7,14-15H,4,8-13H2,1H3,(H,22,26). The van der Waals surface area contributed by atoms with Gasteiger partial charge in [0.15, 0.2) is 5.76 Å². The summed E-state index contributed by atoms with van der Waals surface area (Å²) >= 11 is 0. The lowest BCUT2D eigenvalue weighted by atomic mass is 10.1. The van der Waals surface area contributed by atoms with Gasteiger partial charge in [0.2, 0.25) is 5.91 Å². The van der Waals surface area contributed by atoms with Gasteiger partial charge in [0, 0.05) is 44.7 Å². The van der Waals surface area contributed by atoms with Gasteiger partial charge >= 0.3 is 0 Å². The Balaban J connectivity index is 1.47. The highest BCUT2D eigenvalue weighted by atomic mass is 16.3. The number of furan rings is 1. The van der Waals surface area contributed by atoms with Crippen LogP contribution in [0.3, 0.4) is 0 Å². The molecule has 0 unspecified atom stereocenters. The fourth-order valence-corrected chi connectivity index (χ4v) is 3.27. The third-order valence-corrected chi connectivity index (χ3v) is 4.77. The molecular weight excluding hydrogens is 358 g/mol. The molecule has 3 amide bonds. The Bertz CT molecular complexity index is 832. The fraction of sp³-hybridized carbons (Fsp3) is 0.381. The van der Waals surface area contributed by atoms with E-state index >= 15 is 0 Å². The molecule has 0 saturated carbocycles. The largest absolute Gasteiger partial charge is 0.459 e. The predicted molar refractivity (Wildman–Crippen MR) is 104 cm³/mol. The van der Waals surface area contributed by atoms with Crippen molar-refractivity contribution in [1.29, 1.82) is 0 Å². The van der Waals surface area contributed by atoms with Crippen LogP contribution >= 0.6 is 0 Å². The van der Waals surface area contributed by atoms with Crippen LogP contribution in [0.5, 0.6) is 0 Å². The maximum atomic E-state index is 12.7. The number of amides is 3. The van der Waals surface area contributed by atoms with Gasteiger partial charge in [-0.1, -0.05) is 17.7 Å². The lowest BCUT2D eigenvalue weighted by molar-refractivity contribution is -0.130. The highest BCUT2D eigenvalue weighted by molar-refractivity contribution is 5.94. The molecule has 0 radical (unpaired) electrons. The fourth-order valence-electron chi connectivity index (χ4n) is 3.27. The zero-order valence-corrected chi connectivity index (χ0v) is 16.0. The Hall–Kier alpha value is -3.09. The van der Waals surface area contributed by atoms with Crippen molar-refractivity contribution in [3.8, 4) is 0 Å². The highest BCUT2D eigenvalue weighted by Gasteiger charge is 2.23. The van der Waals surface area contributed by atoms with Gasteiger partial charge in [0.1, 0.15) is 0 Å². The number of aryl methyl sites for hydroxylation is 1. The van der Waals surface area contributed by atoms with E-state index in [0.29, 0.717) is 31.7 Å². The molecule has 1 aromatic heterocycles. The topological polar surface area (TPSA) is 82.9 Å². The van der Waals surface area contributed by atoms with E-state index in [1.54, 1.807) is 21.9 Å². The average Bonchev–Trinajstić information content (AvgIpc) is 3.12. The van der Waals surface area contributed by atoms with Gasteiger partial charge < -0.3 is 19.5 Å². The van der Waals surface area contributed by atoms with Gasteiger partial charge in [-0.25, -0.2) is 0 Å². The summed E-state index contributed by atoms with van der Waals surface area (Å²) in [7, 11) is 0. The Morgan fingerprint density at radius 3 is 2.57 bits per heavy atom. The molecule has 1 aromatic carbocycles. The van der Waals surface area contributed by atoms with Crippen LogP contribution in [0.4, 0.5) is 0 Å². The second-order valence-corrected chi connectivity index (χ2v) is 6.88. The molecule has 0 atom stereocenters. The average molecular weight is 383 g/mol. The minimum Gasteiger partial charge on any atom is -0.459 e. The van der Waals surface area contributed by atoms with Crippen molar-refractivity contribution in [1.82, 2.24) is 15.1 Å². The molecule has 2 heterocycles. The third kappa shape index (κ3) is 5.00. The van der Waals surface area contributed by atoms with Crippen molar-refractivity contribution in [2.75, 3.05) is 32.7 Å². The number of nitrogens with zero attached hydrogens (tertiary/aromatic N) is 2. The molecule has 3 rings (SSSR count). The molecule has 2 aromatic rings. The van der Waals surface area contributed by atoms with E-state index in [9.17, 15) is 14.4 Å². The normalized spacial score (nSPS) is 14.5. The quantitative estimate of drug-likeness (QED) is 0.857. The SMILES string of the molecule is Cc1cccc(C(=O)N2CCCN(C(=O)CCNC(=O)c3ccco3)CC2)c1. The lowest BCUT2D eigenvalue weighted by Gasteiger charge is -2.22. The maximum absolute atomic E-state index is 12.7. The Morgan fingerprint density at radius 1 is 1.04 bits per heavy atom. The van der Waals surface area contributed by atoms with Crippen LogP contribution in [0.15, 0.2) is 47.1 Å². The molecule has 7 nitrogen and oxygen atoms in total. The third-order valence-electron chi connectivity index (χ3n) is 4.77. The van der Waals surface area contributed by atoms with Gasteiger partial charge in [-0.2, -0.15) is 0 Å². The van der Waals surface area contributed by atoms with Gasteiger partial charge in [-0.15, -0.1) is 0 Å². The van der Waals surface area contributed by atoms with E-state index < -0.39 is 0 Å². The maximum Gasteiger partial charge on any atom is 0.286 e. The number of hydrogen-bond acceptors (Lipinski definition) is 4. The van der Waals surface area contributed by atoms with E-state index in [4.69, 9.17) is 4.42 Å². The van der Waals surface area contributed by atoms with Crippen LogP contribution in [0.1, 0.15) is 39.3 Å². The summed E-state index contributed by atoms with van der Waals surface area (Å²) in [5.41, 5.74) is 1.73. The summed E-state index contributed by atoms with van der Waals surface area (Å²) < 4.78 is 5.02. The smallest absolute Gasteiger partial charge is 0.286 e. The second-order valence-electron chi connectivity index (χ2n) is 6.88. The molecule has 0 bridgehead atoms. The summed E-state index contributed by atoms with van der Waals surface area (Å²) in [6.07, 6.45) is 2.39. The number of benzene rings is 1. The summed E-state index contributed by atoms with van der Waals surface area (Å²) in [4.78, 5) is 40.6. The number of rotatable bonds is 5. The minimum atomic E-state index is -0.330. The number of nitrogens with one attached hydrogen (secondary N) is 1. The van der Waals surface area contributed by atoms with Gasteiger partial charge in [-0.05, 0) is 37.6 Å². The first-order valence-electron chi connectivity index (χ1n) is 9.50. The highest BCUT2D eigenvalue weighted by Crippen LogP contribution is 2.11. The molecular formula is C21H25N3O4. The van der Waals surface area contributed by atoms with E-state index in [2.05, 4.69) is 5.32 Å². The molecule has 1 aliphatic rings. The van der Waals surface area contributed by atoms with Gasteiger partial charge in [-0.3, -0.25) is 14.4 Å². The molecule has 1 aliphatic heterocycles. The first-order valence-corrected chi connectivity index (χ1v) is 9.50. The molecule has 1 fully saturated rings. The lowest BCUT2D eigenvalue weighted by Crippen LogP contribution is -2.38. The van der Waals surface area contributed by atoms with Crippen LogP contribution in [0, 0.1) is 6.92 Å².